The fourth-order valence-electron chi connectivity index (χ4n) is 2.19. The molecule has 0 saturated carbocycles. The molecule has 1 heterocycles. The van der Waals surface area contributed by atoms with Crippen LogP contribution in [0.3, 0.4) is 0 Å². The number of benzene rings is 1. The molecule has 1 unspecified atom stereocenters. The largest absolute Gasteiger partial charge is 0.493 e. The van der Waals surface area contributed by atoms with Crippen LogP contribution < -0.4 is 9.64 Å². The van der Waals surface area contributed by atoms with E-state index in [1.54, 1.807) is 19.1 Å². The van der Waals surface area contributed by atoms with Crippen LogP contribution in [0.1, 0.15) is 13.3 Å². The minimum Gasteiger partial charge on any atom is -0.493 e. The normalized spacial score (nSPS) is 19.1. The molecule has 2 rings (SSSR count). The third-order valence-corrected chi connectivity index (χ3v) is 3.57. The molecule has 0 spiro atoms. The van der Waals surface area contributed by atoms with Gasteiger partial charge in [0, 0.05) is 26.3 Å². The Morgan fingerprint density at radius 3 is 2.68 bits per heavy atom. The summed E-state index contributed by atoms with van der Waals surface area (Å²) >= 11 is 0. The molecule has 2 atom stereocenters. The van der Waals surface area contributed by atoms with Crippen molar-refractivity contribution in [3.8, 4) is 5.75 Å². The van der Waals surface area contributed by atoms with Crippen molar-refractivity contribution in [2.45, 2.75) is 25.6 Å². The number of rotatable bonds is 8. The van der Waals surface area contributed by atoms with Crippen molar-refractivity contribution < 1.29 is 23.7 Å². The number of nitrogens with zero attached hydrogens (tertiary/aromatic N) is 1. The second-order valence-corrected chi connectivity index (χ2v) is 5.25. The zero-order chi connectivity index (χ0) is 15.9. The topological polar surface area (TPSA) is 57.2 Å². The Labute approximate surface area is 130 Å². The van der Waals surface area contributed by atoms with Crippen LogP contribution in [0.5, 0.6) is 5.75 Å². The van der Waals surface area contributed by atoms with Crippen molar-refractivity contribution in [2.24, 2.45) is 0 Å². The molecule has 1 amide bonds. The SMILES string of the molecule is COCC1CN(c2ccc(OCC[C@@H](C)OC)cc2)C(=O)O1. The predicted molar refractivity (Wildman–Crippen MR) is 82.5 cm³/mol. The summed E-state index contributed by atoms with van der Waals surface area (Å²) in [7, 11) is 3.28. The molecule has 122 valence electrons. The van der Waals surface area contributed by atoms with Gasteiger partial charge in [-0.3, -0.25) is 4.90 Å². The fraction of sp³-hybridized carbons (Fsp3) is 0.562. The first-order valence-electron chi connectivity index (χ1n) is 7.36. The summed E-state index contributed by atoms with van der Waals surface area (Å²) in [5.74, 6) is 0.771. The van der Waals surface area contributed by atoms with Crippen molar-refractivity contribution in [2.75, 3.05) is 38.9 Å². The zero-order valence-electron chi connectivity index (χ0n) is 13.3. The summed E-state index contributed by atoms with van der Waals surface area (Å²) in [4.78, 5) is 13.4. The number of hydrogen-bond donors (Lipinski definition) is 0. The summed E-state index contributed by atoms with van der Waals surface area (Å²) < 4.78 is 21.1. The molecule has 0 aromatic heterocycles. The molecular formula is C16H23NO5. The van der Waals surface area contributed by atoms with E-state index in [-0.39, 0.29) is 18.3 Å². The summed E-state index contributed by atoms with van der Waals surface area (Å²) in [6.07, 6.45) is 0.444. The van der Waals surface area contributed by atoms with Gasteiger partial charge < -0.3 is 18.9 Å². The summed E-state index contributed by atoms with van der Waals surface area (Å²) in [6.45, 7) is 3.50. The highest BCUT2D eigenvalue weighted by molar-refractivity contribution is 5.89. The molecule has 6 nitrogen and oxygen atoms in total. The average molecular weight is 309 g/mol. The van der Waals surface area contributed by atoms with Gasteiger partial charge in [0.05, 0.1) is 25.9 Å². The van der Waals surface area contributed by atoms with Crippen LogP contribution in [0.2, 0.25) is 0 Å². The molecule has 0 bridgehead atoms. The minimum atomic E-state index is -0.343. The van der Waals surface area contributed by atoms with E-state index < -0.39 is 0 Å². The van der Waals surface area contributed by atoms with E-state index in [1.807, 2.05) is 31.2 Å². The maximum atomic E-state index is 11.8. The third kappa shape index (κ3) is 4.35. The Hall–Kier alpha value is -1.79. The van der Waals surface area contributed by atoms with Crippen LogP contribution in [-0.2, 0) is 14.2 Å². The zero-order valence-corrected chi connectivity index (χ0v) is 13.3. The van der Waals surface area contributed by atoms with Crippen molar-refractivity contribution in [1.29, 1.82) is 0 Å². The second-order valence-electron chi connectivity index (χ2n) is 5.25. The van der Waals surface area contributed by atoms with Gasteiger partial charge in [-0.25, -0.2) is 4.79 Å². The Bertz CT molecular complexity index is 476. The van der Waals surface area contributed by atoms with Gasteiger partial charge in [-0.1, -0.05) is 0 Å². The highest BCUT2D eigenvalue weighted by atomic mass is 16.6. The van der Waals surface area contributed by atoms with Crippen LogP contribution in [-0.4, -0.2) is 52.3 Å². The second kappa shape index (κ2) is 8.00. The van der Waals surface area contributed by atoms with E-state index in [0.717, 1.165) is 17.9 Å². The van der Waals surface area contributed by atoms with Crippen LogP contribution in [0, 0.1) is 0 Å². The first kappa shape index (κ1) is 16.6. The molecule has 1 aliphatic heterocycles. The Balaban J connectivity index is 1.87. The maximum absolute atomic E-state index is 11.8. The first-order chi connectivity index (χ1) is 10.6. The van der Waals surface area contributed by atoms with Gasteiger partial charge in [0.2, 0.25) is 0 Å². The highest BCUT2D eigenvalue weighted by Gasteiger charge is 2.32. The first-order valence-corrected chi connectivity index (χ1v) is 7.36. The lowest BCUT2D eigenvalue weighted by atomic mass is 10.2. The summed E-state index contributed by atoms with van der Waals surface area (Å²) in [5, 5.41) is 0. The minimum absolute atomic E-state index is 0.177. The number of anilines is 1. The number of ether oxygens (including phenoxy) is 4. The standard InChI is InChI=1S/C16H23NO5/c1-12(20-3)8-9-21-14-6-4-13(5-7-14)17-10-15(11-19-2)22-16(17)18/h4-7,12,15H,8-11H2,1-3H3/t12-,15?/m1/s1. The molecule has 0 N–H and O–H groups in total. The molecule has 1 aromatic rings. The number of hydrogen-bond acceptors (Lipinski definition) is 5. The highest BCUT2D eigenvalue weighted by Crippen LogP contribution is 2.24. The molecular weight excluding hydrogens is 286 g/mol. The van der Waals surface area contributed by atoms with Crippen LogP contribution in [0.15, 0.2) is 24.3 Å². The monoisotopic (exact) mass is 309 g/mol. The smallest absolute Gasteiger partial charge is 0.414 e. The molecule has 1 aliphatic rings. The van der Waals surface area contributed by atoms with E-state index >= 15 is 0 Å². The lowest BCUT2D eigenvalue weighted by molar-refractivity contribution is 0.0718. The molecule has 6 heteroatoms. The number of amides is 1. The van der Waals surface area contributed by atoms with E-state index in [1.165, 1.54) is 0 Å². The van der Waals surface area contributed by atoms with Crippen LogP contribution in [0.4, 0.5) is 10.5 Å². The third-order valence-electron chi connectivity index (χ3n) is 3.57. The van der Waals surface area contributed by atoms with Gasteiger partial charge in [-0.2, -0.15) is 0 Å². The number of methoxy groups -OCH3 is 2. The number of cyclic esters (lactones) is 1. The van der Waals surface area contributed by atoms with Gasteiger partial charge >= 0.3 is 6.09 Å². The van der Waals surface area contributed by atoms with Crippen molar-refractivity contribution in [1.82, 2.24) is 0 Å². The molecule has 1 fully saturated rings. The van der Waals surface area contributed by atoms with Crippen LogP contribution >= 0.6 is 0 Å². The van der Waals surface area contributed by atoms with Gasteiger partial charge in [0.15, 0.2) is 0 Å². The van der Waals surface area contributed by atoms with E-state index in [9.17, 15) is 4.79 Å². The molecule has 0 radical (unpaired) electrons. The van der Waals surface area contributed by atoms with Crippen molar-refractivity contribution in [3.63, 3.8) is 0 Å². The lowest BCUT2D eigenvalue weighted by Gasteiger charge is -2.14. The summed E-state index contributed by atoms with van der Waals surface area (Å²) in [6, 6.07) is 7.41. The van der Waals surface area contributed by atoms with E-state index in [0.29, 0.717) is 19.8 Å². The lowest BCUT2D eigenvalue weighted by Crippen LogP contribution is -2.25. The summed E-state index contributed by atoms with van der Waals surface area (Å²) in [5.41, 5.74) is 0.793. The van der Waals surface area contributed by atoms with Crippen molar-refractivity contribution >= 4 is 11.8 Å². The van der Waals surface area contributed by atoms with E-state index in [4.69, 9.17) is 18.9 Å². The van der Waals surface area contributed by atoms with Crippen LogP contribution in [0.25, 0.3) is 0 Å². The van der Waals surface area contributed by atoms with Gasteiger partial charge in [-0.05, 0) is 31.2 Å². The molecule has 0 aliphatic carbocycles. The maximum Gasteiger partial charge on any atom is 0.414 e. The Morgan fingerprint density at radius 1 is 1.32 bits per heavy atom. The quantitative estimate of drug-likeness (QED) is 0.738. The molecule has 22 heavy (non-hydrogen) atoms. The fourth-order valence-corrected chi connectivity index (χ4v) is 2.19. The Kier molecular flexibility index (Phi) is 6.03. The van der Waals surface area contributed by atoms with Crippen molar-refractivity contribution in [3.05, 3.63) is 24.3 Å². The number of carbonyl (C=O) groups excluding carboxylic acids is 1. The number of carbonyl (C=O) groups is 1. The molecule has 1 aromatic carbocycles. The average Bonchev–Trinajstić information content (AvgIpc) is 2.89. The Morgan fingerprint density at radius 2 is 2.05 bits per heavy atom. The van der Waals surface area contributed by atoms with Gasteiger partial charge in [0.25, 0.3) is 0 Å². The van der Waals surface area contributed by atoms with E-state index in [2.05, 4.69) is 0 Å². The van der Waals surface area contributed by atoms with Gasteiger partial charge in [-0.15, -0.1) is 0 Å². The van der Waals surface area contributed by atoms with Gasteiger partial charge in [0.1, 0.15) is 11.9 Å². The molecule has 1 saturated heterocycles. The predicted octanol–water partition coefficient (Wildman–Crippen LogP) is 2.46.